The molecule has 0 heterocycles. The summed E-state index contributed by atoms with van der Waals surface area (Å²) in [4.78, 5) is 32.6. The first-order chi connectivity index (χ1) is 7.99. The molecule has 1 aromatic carbocycles. The van der Waals surface area contributed by atoms with Crippen molar-refractivity contribution in [2.45, 2.75) is 6.92 Å². The largest absolute Gasteiger partial charge is 0.462 e. The molecule has 0 radical (unpaired) electrons. The Morgan fingerprint density at radius 3 is 2.59 bits per heavy atom. The zero-order valence-corrected chi connectivity index (χ0v) is 9.56. The molecule has 6 nitrogen and oxygen atoms in total. The van der Waals surface area contributed by atoms with E-state index in [2.05, 4.69) is 4.74 Å². The maximum atomic E-state index is 11.5. The molecule has 0 aliphatic heterocycles. The normalized spacial score (nSPS) is 9.76. The van der Waals surface area contributed by atoms with Crippen LogP contribution >= 0.6 is 11.6 Å². The van der Waals surface area contributed by atoms with Gasteiger partial charge in [-0.1, -0.05) is 6.07 Å². The lowest BCUT2D eigenvalue weighted by atomic mass is 10.1. The van der Waals surface area contributed by atoms with E-state index in [1.54, 1.807) is 6.92 Å². The monoisotopic (exact) mass is 257 g/mol. The van der Waals surface area contributed by atoms with Gasteiger partial charge >= 0.3 is 5.97 Å². The summed E-state index contributed by atoms with van der Waals surface area (Å²) in [7, 11) is 0. The zero-order valence-electron chi connectivity index (χ0n) is 8.81. The Bertz CT molecular complexity index is 486. The van der Waals surface area contributed by atoms with Crippen LogP contribution in [0.1, 0.15) is 27.6 Å². The smallest absolute Gasteiger partial charge is 0.339 e. The first-order valence-electron chi connectivity index (χ1n) is 4.63. The number of ether oxygens (including phenoxy) is 1. The third-order valence-electron chi connectivity index (χ3n) is 1.93. The molecule has 0 aromatic heterocycles. The molecule has 0 aliphatic carbocycles. The summed E-state index contributed by atoms with van der Waals surface area (Å²) < 4.78 is 4.68. The number of rotatable bonds is 4. The Morgan fingerprint density at radius 1 is 1.47 bits per heavy atom. The van der Waals surface area contributed by atoms with Gasteiger partial charge in [0.15, 0.2) is 0 Å². The van der Waals surface area contributed by atoms with Gasteiger partial charge in [-0.3, -0.25) is 14.9 Å². The average Bonchev–Trinajstić information content (AvgIpc) is 2.28. The fraction of sp³-hybridized carbons (Fsp3) is 0.200. The Morgan fingerprint density at radius 2 is 2.12 bits per heavy atom. The maximum absolute atomic E-state index is 11.5. The Balaban J connectivity index is 3.40. The summed E-state index contributed by atoms with van der Waals surface area (Å²) in [5.74, 6) is -0.819. The summed E-state index contributed by atoms with van der Waals surface area (Å²) in [5.41, 5.74) is -1.17. The van der Waals surface area contributed by atoms with Crippen LogP contribution in [0.15, 0.2) is 18.2 Å². The van der Waals surface area contributed by atoms with Crippen molar-refractivity contribution in [2.75, 3.05) is 6.61 Å². The van der Waals surface area contributed by atoms with E-state index in [0.29, 0.717) is 0 Å². The molecule has 1 rings (SSSR count). The van der Waals surface area contributed by atoms with Crippen LogP contribution in [-0.2, 0) is 4.74 Å². The highest BCUT2D eigenvalue weighted by Gasteiger charge is 2.26. The first-order valence-corrected chi connectivity index (χ1v) is 5.01. The third-order valence-corrected chi connectivity index (χ3v) is 2.12. The number of nitro groups is 1. The predicted molar refractivity (Wildman–Crippen MR) is 59.2 cm³/mol. The van der Waals surface area contributed by atoms with Gasteiger partial charge in [-0.25, -0.2) is 4.79 Å². The zero-order chi connectivity index (χ0) is 13.0. The highest BCUT2D eigenvalue weighted by molar-refractivity contribution is 6.68. The minimum atomic E-state index is -1.07. The van der Waals surface area contributed by atoms with Crippen LogP contribution in [0, 0.1) is 10.1 Å². The van der Waals surface area contributed by atoms with Crippen LogP contribution < -0.4 is 0 Å². The Hall–Kier alpha value is -1.95. The number of nitro benzene ring substituents is 1. The second-order valence-corrected chi connectivity index (χ2v) is 3.29. The van der Waals surface area contributed by atoms with Gasteiger partial charge in [-0.2, -0.15) is 0 Å². The number of carbonyl (C=O) groups is 2. The van der Waals surface area contributed by atoms with Crippen molar-refractivity contribution in [1.29, 1.82) is 0 Å². The van der Waals surface area contributed by atoms with E-state index in [-0.39, 0.29) is 12.2 Å². The molecule has 1 aromatic rings. The highest BCUT2D eigenvalue weighted by Crippen LogP contribution is 2.24. The van der Waals surface area contributed by atoms with Gasteiger partial charge < -0.3 is 4.74 Å². The number of esters is 1. The summed E-state index contributed by atoms with van der Waals surface area (Å²) in [6, 6.07) is 3.63. The lowest BCUT2D eigenvalue weighted by Crippen LogP contribution is -2.11. The molecule has 17 heavy (non-hydrogen) atoms. The summed E-state index contributed by atoms with van der Waals surface area (Å²) >= 11 is 5.25. The molecule has 0 bridgehead atoms. The molecule has 0 spiro atoms. The van der Waals surface area contributed by atoms with Gasteiger partial charge in [-0.15, -0.1) is 0 Å². The topological polar surface area (TPSA) is 86.5 Å². The Kier molecular flexibility index (Phi) is 4.17. The highest BCUT2D eigenvalue weighted by atomic mass is 35.5. The number of hydrogen-bond acceptors (Lipinski definition) is 5. The second-order valence-electron chi connectivity index (χ2n) is 2.95. The summed E-state index contributed by atoms with van der Waals surface area (Å²) in [5, 5.41) is 9.63. The second kappa shape index (κ2) is 5.40. The molecule has 0 aliphatic rings. The third kappa shape index (κ3) is 2.79. The van der Waals surface area contributed by atoms with Gasteiger partial charge in [0, 0.05) is 6.07 Å². The average molecular weight is 258 g/mol. The molecule has 0 unspecified atom stereocenters. The molecular formula is C10H8ClNO5. The fourth-order valence-corrected chi connectivity index (χ4v) is 1.48. The van der Waals surface area contributed by atoms with E-state index >= 15 is 0 Å². The van der Waals surface area contributed by atoms with Gasteiger partial charge in [-0.05, 0) is 24.6 Å². The minimum absolute atomic E-state index is 0.0947. The lowest BCUT2D eigenvalue weighted by molar-refractivity contribution is -0.385. The van der Waals surface area contributed by atoms with Crippen LogP contribution in [0.4, 0.5) is 5.69 Å². The molecule has 0 saturated carbocycles. The van der Waals surface area contributed by atoms with E-state index in [9.17, 15) is 19.7 Å². The molecule has 7 heteroatoms. The lowest BCUT2D eigenvalue weighted by Gasteiger charge is -2.05. The van der Waals surface area contributed by atoms with E-state index < -0.39 is 27.4 Å². The van der Waals surface area contributed by atoms with Gasteiger partial charge in [0.1, 0.15) is 5.56 Å². The minimum Gasteiger partial charge on any atom is -0.462 e. The standard InChI is InChI=1S/C10H8ClNO5/c1-2-17-10(14)6-4-3-5-7(12(15)16)8(6)9(11)13/h3-5H,2H2,1H3. The van der Waals surface area contributed by atoms with Crippen LogP contribution in [0.2, 0.25) is 0 Å². The van der Waals surface area contributed by atoms with Crippen molar-refractivity contribution in [3.8, 4) is 0 Å². The molecule has 0 atom stereocenters. The molecule has 0 amide bonds. The molecule has 0 N–H and O–H groups in total. The quantitative estimate of drug-likeness (QED) is 0.357. The van der Waals surface area contributed by atoms with Crippen molar-refractivity contribution in [2.24, 2.45) is 0 Å². The summed E-state index contributed by atoms with van der Waals surface area (Å²) in [6.07, 6.45) is 0. The van der Waals surface area contributed by atoms with Crippen molar-refractivity contribution in [3.05, 3.63) is 39.4 Å². The van der Waals surface area contributed by atoms with Crippen molar-refractivity contribution < 1.29 is 19.2 Å². The van der Waals surface area contributed by atoms with Gasteiger partial charge in [0.25, 0.3) is 10.9 Å². The maximum Gasteiger partial charge on any atom is 0.339 e. The van der Waals surface area contributed by atoms with Gasteiger partial charge in [0.05, 0.1) is 17.1 Å². The molecule has 0 saturated heterocycles. The molecule has 0 fully saturated rings. The van der Waals surface area contributed by atoms with Crippen LogP contribution in [0.25, 0.3) is 0 Å². The molecular weight excluding hydrogens is 250 g/mol. The van der Waals surface area contributed by atoms with Crippen molar-refractivity contribution in [1.82, 2.24) is 0 Å². The summed E-state index contributed by atoms with van der Waals surface area (Å²) in [6.45, 7) is 1.68. The number of nitrogens with zero attached hydrogens (tertiary/aromatic N) is 1. The van der Waals surface area contributed by atoms with E-state index in [1.165, 1.54) is 12.1 Å². The van der Waals surface area contributed by atoms with E-state index in [4.69, 9.17) is 11.6 Å². The van der Waals surface area contributed by atoms with Crippen LogP contribution in [0.3, 0.4) is 0 Å². The number of carbonyl (C=O) groups excluding carboxylic acids is 2. The van der Waals surface area contributed by atoms with Gasteiger partial charge in [0.2, 0.25) is 0 Å². The number of benzene rings is 1. The Labute approximate surface area is 101 Å². The van der Waals surface area contributed by atoms with Crippen molar-refractivity contribution >= 4 is 28.5 Å². The molecule has 90 valence electrons. The fourth-order valence-electron chi connectivity index (χ4n) is 1.28. The van der Waals surface area contributed by atoms with Crippen LogP contribution in [0.5, 0.6) is 0 Å². The van der Waals surface area contributed by atoms with E-state index in [1.807, 2.05) is 0 Å². The number of halogens is 1. The van der Waals surface area contributed by atoms with Crippen LogP contribution in [-0.4, -0.2) is 22.7 Å². The SMILES string of the molecule is CCOC(=O)c1cccc([N+](=O)[O-])c1C(=O)Cl. The first kappa shape index (κ1) is 13.1. The number of hydrogen-bond donors (Lipinski definition) is 0. The predicted octanol–water partition coefficient (Wildman–Crippen LogP) is 2.15. The van der Waals surface area contributed by atoms with E-state index in [0.717, 1.165) is 6.07 Å². The van der Waals surface area contributed by atoms with Crippen molar-refractivity contribution in [3.63, 3.8) is 0 Å².